The molecular formula is C27H25N4+. The molecule has 31 heavy (non-hydrogen) atoms. The van der Waals surface area contributed by atoms with E-state index in [0.717, 1.165) is 50.4 Å². The van der Waals surface area contributed by atoms with E-state index in [1.165, 1.54) is 11.1 Å². The largest absolute Gasteiger partial charge is 0.398 e. The van der Waals surface area contributed by atoms with Gasteiger partial charge in [0.25, 0.3) is 0 Å². The van der Waals surface area contributed by atoms with E-state index in [1.54, 1.807) is 0 Å². The van der Waals surface area contributed by atoms with Gasteiger partial charge in [0.05, 0.1) is 0 Å². The Kier molecular flexibility index (Phi) is 4.55. The zero-order valence-corrected chi connectivity index (χ0v) is 18.0. The van der Waals surface area contributed by atoms with Crippen LogP contribution in [0.1, 0.15) is 16.7 Å². The second-order valence-corrected chi connectivity index (χ2v) is 8.17. The van der Waals surface area contributed by atoms with E-state index in [1.807, 2.05) is 13.0 Å². The maximum absolute atomic E-state index is 6.29. The lowest BCUT2D eigenvalue weighted by molar-refractivity contribution is -0.538. The van der Waals surface area contributed by atoms with Crippen LogP contribution in [-0.4, -0.2) is 4.98 Å². The first-order valence-electron chi connectivity index (χ1n) is 10.4. The van der Waals surface area contributed by atoms with E-state index < -0.39 is 0 Å². The molecule has 0 aliphatic carbocycles. The van der Waals surface area contributed by atoms with Crippen LogP contribution < -0.4 is 15.6 Å². The number of benzene rings is 4. The number of rotatable bonds is 3. The molecule has 4 heteroatoms. The van der Waals surface area contributed by atoms with E-state index in [-0.39, 0.29) is 0 Å². The van der Waals surface area contributed by atoms with Crippen molar-refractivity contribution in [2.75, 3.05) is 11.1 Å². The molecule has 4 nitrogen and oxygen atoms in total. The molecule has 0 saturated heterocycles. The fourth-order valence-corrected chi connectivity index (χ4v) is 3.88. The highest BCUT2D eigenvalue weighted by Crippen LogP contribution is 2.25. The number of nitrogen functional groups attached to an aromatic ring is 1. The number of anilines is 3. The Bertz CT molecular complexity index is 1420. The number of nitrogens with two attached hydrogens (primary N) is 1. The summed E-state index contributed by atoms with van der Waals surface area (Å²) >= 11 is 0. The molecule has 0 unspecified atom stereocenters. The first kappa shape index (κ1) is 19.1. The van der Waals surface area contributed by atoms with Gasteiger partial charge in [-0.2, -0.15) is 0 Å². The Morgan fingerprint density at radius 2 is 1.29 bits per heavy atom. The van der Waals surface area contributed by atoms with E-state index in [0.29, 0.717) is 0 Å². The zero-order chi connectivity index (χ0) is 21.5. The van der Waals surface area contributed by atoms with Gasteiger partial charge < -0.3 is 11.1 Å². The highest BCUT2D eigenvalue weighted by Gasteiger charge is 2.21. The Balaban J connectivity index is 1.76. The van der Waals surface area contributed by atoms with Crippen LogP contribution in [0.15, 0.2) is 78.9 Å². The van der Waals surface area contributed by atoms with Crippen molar-refractivity contribution in [1.82, 2.24) is 4.98 Å². The van der Waals surface area contributed by atoms with Crippen molar-refractivity contribution in [2.24, 2.45) is 0 Å². The molecule has 0 atom stereocenters. The fourth-order valence-electron chi connectivity index (χ4n) is 3.88. The summed E-state index contributed by atoms with van der Waals surface area (Å²) < 4.78 is 2.24. The van der Waals surface area contributed by atoms with Crippen LogP contribution in [0.2, 0.25) is 0 Å². The maximum atomic E-state index is 6.29. The zero-order valence-electron chi connectivity index (χ0n) is 18.0. The molecule has 1 heterocycles. The average molecular weight is 406 g/mol. The smallest absolute Gasteiger partial charge is 0.239 e. The van der Waals surface area contributed by atoms with E-state index >= 15 is 0 Å². The van der Waals surface area contributed by atoms with Crippen molar-refractivity contribution in [3.05, 3.63) is 95.6 Å². The van der Waals surface area contributed by atoms with E-state index in [2.05, 4.69) is 96.5 Å². The predicted molar refractivity (Wildman–Crippen MR) is 129 cm³/mol. The van der Waals surface area contributed by atoms with Gasteiger partial charge in [0.15, 0.2) is 0 Å². The van der Waals surface area contributed by atoms with Gasteiger partial charge in [-0.3, -0.25) is 0 Å². The fraction of sp³-hybridized carbons (Fsp3) is 0.111. The van der Waals surface area contributed by atoms with Crippen molar-refractivity contribution in [3.8, 4) is 5.69 Å². The predicted octanol–water partition coefficient (Wildman–Crippen LogP) is 5.92. The van der Waals surface area contributed by atoms with Crippen molar-refractivity contribution in [3.63, 3.8) is 0 Å². The third-order valence-corrected chi connectivity index (χ3v) is 5.69. The molecule has 4 aromatic carbocycles. The number of hydrogen-bond donors (Lipinski definition) is 2. The summed E-state index contributed by atoms with van der Waals surface area (Å²) in [5.41, 5.74) is 17.6. The summed E-state index contributed by atoms with van der Waals surface area (Å²) in [4.78, 5) is 4.94. The van der Waals surface area contributed by atoms with Crippen LogP contribution in [0.4, 0.5) is 17.1 Å². The minimum atomic E-state index is 0.767. The SMILES string of the molecule is Cc1ccc(Nc2ccc3nc4cc(C)c(N)cc4[n+](-c4ccc(C)cc4)c3c2)cc1. The first-order valence-corrected chi connectivity index (χ1v) is 10.4. The molecule has 1 aromatic heterocycles. The van der Waals surface area contributed by atoms with Gasteiger partial charge in [0.2, 0.25) is 16.7 Å². The van der Waals surface area contributed by atoms with Gasteiger partial charge in [-0.1, -0.05) is 35.4 Å². The molecule has 0 bridgehead atoms. The van der Waals surface area contributed by atoms with Crippen LogP contribution in [-0.2, 0) is 0 Å². The quantitative estimate of drug-likeness (QED) is 0.223. The number of aromatic nitrogens is 2. The van der Waals surface area contributed by atoms with Gasteiger partial charge in [-0.05, 0) is 56.7 Å². The first-order chi connectivity index (χ1) is 15.0. The maximum Gasteiger partial charge on any atom is 0.239 e. The molecule has 0 fully saturated rings. The highest BCUT2D eigenvalue weighted by atomic mass is 15.0. The topological polar surface area (TPSA) is 54.8 Å². The number of fused-ring (bicyclic) bond motifs is 2. The second kappa shape index (κ2) is 7.40. The molecule has 5 aromatic rings. The highest BCUT2D eigenvalue weighted by molar-refractivity contribution is 5.87. The number of nitrogens with zero attached hydrogens (tertiary/aromatic N) is 2. The monoisotopic (exact) mass is 405 g/mol. The summed E-state index contributed by atoms with van der Waals surface area (Å²) in [6.45, 7) is 6.21. The van der Waals surface area contributed by atoms with Crippen LogP contribution in [0.5, 0.6) is 0 Å². The standard InChI is InChI=1S/C27H24N4/c1-17-4-8-20(9-5-17)29-21-10-13-24-26(15-21)31(22-11-6-18(2)7-12-22)27-16-23(28)19(3)14-25(27)30-24/h4-16H,1-3H3,(H2,28,29)/p+1. The Hall–Kier alpha value is -3.92. The molecule has 3 N–H and O–H groups in total. The van der Waals surface area contributed by atoms with Crippen molar-refractivity contribution in [1.29, 1.82) is 0 Å². The number of nitrogens with one attached hydrogen (secondary N) is 1. The van der Waals surface area contributed by atoms with Crippen molar-refractivity contribution in [2.45, 2.75) is 20.8 Å². The van der Waals surface area contributed by atoms with Crippen molar-refractivity contribution >= 4 is 39.1 Å². The molecule has 0 aliphatic rings. The molecule has 152 valence electrons. The summed E-state index contributed by atoms with van der Waals surface area (Å²) in [5, 5.41) is 3.51. The summed E-state index contributed by atoms with van der Waals surface area (Å²) in [6.07, 6.45) is 0. The van der Waals surface area contributed by atoms with Crippen LogP contribution in [0, 0.1) is 20.8 Å². The Labute approximate surface area is 182 Å². The van der Waals surface area contributed by atoms with Gasteiger partial charge >= 0.3 is 0 Å². The molecule has 5 rings (SSSR count). The van der Waals surface area contributed by atoms with Crippen LogP contribution in [0.25, 0.3) is 27.8 Å². The molecular weight excluding hydrogens is 380 g/mol. The summed E-state index contributed by atoms with van der Waals surface area (Å²) in [7, 11) is 0. The average Bonchev–Trinajstić information content (AvgIpc) is 2.76. The van der Waals surface area contributed by atoms with E-state index in [9.17, 15) is 0 Å². The lowest BCUT2D eigenvalue weighted by atomic mass is 10.1. The lowest BCUT2D eigenvalue weighted by Crippen LogP contribution is -2.33. The molecule has 0 aliphatic heterocycles. The summed E-state index contributed by atoms with van der Waals surface area (Å²) in [6, 6.07) is 27.3. The Morgan fingerprint density at radius 1 is 0.677 bits per heavy atom. The molecule has 0 radical (unpaired) electrons. The van der Waals surface area contributed by atoms with Crippen LogP contribution >= 0.6 is 0 Å². The third kappa shape index (κ3) is 3.57. The van der Waals surface area contributed by atoms with Gasteiger partial charge in [0, 0.05) is 41.3 Å². The number of aryl methyl sites for hydroxylation is 3. The Morgan fingerprint density at radius 3 is 2.00 bits per heavy atom. The normalized spacial score (nSPS) is 11.2. The van der Waals surface area contributed by atoms with Gasteiger partial charge in [-0.25, -0.2) is 4.98 Å². The second-order valence-electron chi connectivity index (χ2n) is 8.17. The van der Waals surface area contributed by atoms with E-state index in [4.69, 9.17) is 10.7 Å². The third-order valence-electron chi connectivity index (χ3n) is 5.69. The van der Waals surface area contributed by atoms with Crippen LogP contribution in [0.3, 0.4) is 0 Å². The number of hydrogen-bond acceptors (Lipinski definition) is 3. The van der Waals surface area contributed by atoms with Gasteiger partial charge in [0.1, 0.15) is 11.0 Å². The molecule has 0 amide bonds. The lowest BCUT2D eigenvalue weighted by Gasteiger charge is -2.10. The van der Waals surface area contributed by atoms with Crippen molar-refractivity contribution < 1.29 is 4.57 Å². The van der Waals surface area contributed by atoms with Gasteiger partial charge in [-0.15, -0.1) is 4.57 Å². The summed E-state index contributed by atoms with van der Waals surface area (Å²) in [5.74, 6) is 0. The molecule has 0 saturated carbocycles. The molecule has 0 spiro atoms. The minimum absolute atomic E-state index is 0.767. The minimum Gasteiger partial charge on any atom is -0.398 e.